The van der Waals surface area contributed by atoms with Crippen LogP contribution in [0.2, 0.25) is 5.02 Å². The standard InChI is InChI=1S/C14H21ClN2O/c1-14(18)4-6-17(7-5-14)10-12-3-2-11(9-16)8-13(12)15/h2-3,8,18H,4-7,9-10,16H2,1H3. The molecule has 0 aliphatic carbocycles. The minimum absolute atomic E-state index is 0.496. The van der Waals surface area contributed by atoms with Gasteiger partial charge in [-0.05, 0) is 37.0 Å². The summed E-state index contributed by atoms with van der Waals surface area (Å²) in [5, 5.41) is 10.7. The molecule has 3 nitrogen and oxygen atoms in total. The van der Waals surface area contributed by atoms with Crippen LogP contribution in [-0.4, -0.2) is 28.7 Å². The van der Waals surface area contributed by atoms with Crippen LogP contribution in [0.15, 0.2) is 18.2 Å². The van der Waals surface area contributed by atoms with Gasteiger partial charge >= 0.3 is 0 Å². The molecule has 1 heterocycles. The van der Waals surface area contributed by atoms with Gasteiger partial charge in [0.2, 0.25) is 0 Å². The minimum Gasteiger partial charge on any atom is -0.390 e. The smallest absolute Gasteiger partial charge is 0.0644 e. The number of likely N-dealkylation sites (tertiary alicyclic amines) is 1. The third-order valence-electron chi connectivity index (χ3n) is 3.68. The lowest BCUT2D eigenvalue weighted by Crippen LogP contribution is -2.41. The molecule has 4 heteroatoms. The Morgan fingerprint density at radius 1 is 1.39 bits per heavy atom. The molecule has 1 saturated heterocycles. The van der Waals surface area contributed by atoms with Crippen molar-refractivity contribution in [1.29, 1.82) is 0 Å². The highest BCUT2D eigenvalue weighted by Crippen LogP contribution is 2.25. The number of halogens is 1. The van der Waals surface area contributed by atoms with Crippen molar-refractivity contribution in [1.82, 2.24) is 4.90 Å². The first-order chi connectivity index (χ1) is 8.50. The number of nitrogens with zero attached hydrogens (tertiary/aromatic N) is 1. The number of nitrogens with two attached hydrogens (primary N) is 1. The van der Waals surface area contributed by atoms with Crippen molar-refractivity contribution in [3.63, 3.8) is 0 Å². The molecule has 3 N–H and O–H groups in total. The normalized spacial score (nSPS) is 20.0. The predicted molar refractivity (Wildman–Crippen MR) is 74.5 cm³/mol. The highest BCUT2D eigenvalue weighted by atomic mass is 35.5. The Labute approximate surface area is 114 Å². The van der Waals surface area contributed by atoms with E-state index in [9.17, 15) is 5.11 Å². The maximum atomic E-state index is 9.91. The first-order valence-electron chi connectivity index (χ1n) is 6.42. The molecule has 2 rings (SSSR count). The van der Waals surface area contributed by atoms with E-state index in [0.717, 1.165) is 48.6 Å². The van der Waals surface area contributed by atoms with E-state index in [-0.39, 0.29) is 0 Å². The lowest BCUT2D eigenvalue weighted by atomic mass is 9.93. The maximum absolute atomic E-state index is 9.91. The summed E-state index contributed by atoms with van der Waals surface area (Å²) < 4.78 is 0. The highest BCUT2D eigenvalue weighted by Gasteiger charge is 2.27. The van der Waals surface area contributed by atoms with E-state index in [1.165, 1.54) is 0 Å². The van der Waals surface area contributed by atoms with E-state index < -0.39 is 5.60 Å². The van der Waals surface area contributed by atoms with Crippen LogP contribution in [0.4, 0.5) is 0 Å². The third kappa shape index (κ3) is 3.45. The Hall–Kier alpha value is -0.610. The number of aliphatic hydroxyl groups is 1. The zero-order valence-electron chi connectivity index (χ0n) is 10.8. The van der Waals surface area contributed by atoms with Crippen LogP contribution in [0.25, 0.3) is 0 Å². The van der Waals surface area contributed by atoms with Crippen LogP contribution in [0.5, 0.6) is 0 Å². The monoisotopic (exact) mass is 268 g/mol. The van der Waals surface area contributed by atoms with E-state index >= 15 is 0 Å². The summed E-state index contributed by atoms with van der Waals surface area (Å²) in [6, 6.07) is 6.02. The van der Waals surface area contributed by atoms with Crippen molar-refractivity contribution in [2.24, 2.45) is 5.73 Å². The molecule has 100 valence electrons. The average Bonchev–Trinajstić information content (AvgIpc) is 2.34. The third-order valence-corrected chi connectivity index (χ3v) is 4.03. The summed E-state index contributed by atoms with van der Waals surface area (Å²) in [5.41, 5.74) is 7.28. The number of hydrogen-bond donors (Lipinski definition) is 2. The van der Waals surface area contributed by atoms with Gasteiger partial charge in [-0.25, -0.2) is 0 Å². The quantitative estimate of drug-likeness (QED) is 0.883. The van der Waals surface area contributed by atoms with E-state index in [4.69, 9.17) is 17.3 Å². The van der Waals surface area contributed by atoms with Gasteiger partial charge in [-0.3, -0.25) is 4.90 Å². The van der Waals surface area contributed by atoms with Crippen molar-refractivity contribution >= 4 is 11.6 Å². The Morgan fingerprint density at radius 3 is 2.61 bits per heavy atom. The molecular formula is C14H21ClN2O. The first-order valence-corrected chi connectivity index (χ1v) is 6.80. The molecule has 0 unspecified atom stereocenters. The summed E-state index contributed by atoms with van der Waals surface area (Å²) in [4.78, 5) is 2.33. The second kappa shape index (κ2) is 5.57. The molecule has 0 aromatic heterocycles. The van der Waals surface area contributed by atoms with Crippen molar-refractivity contribution in [2.45, 2.75) is 38.5 Å². The first kappa shape index (κ1) is 13.8. The number of rotatable bonds is 3. The van der Waals surface area contributed by atoms with Crippen LogP contribution < -0.4 is 5.73 Å². The molecule has 1 aliphatic rings. The molecule has 0 amide bonds. The lowest BCUT2D eigenvalue weighted by Gasteiger charge is -2.35. The molecule has 0 bridgehead atoms. The molecule has 0 radical (unpaired) electrons. The van der Waals surface area contributed by atoms with Gasteiger partial charge in [0.05, 0.1) is 5.60 Å². The van der Waals surface area contributed by atoms with Crippen LogP contribution in [0.3, 0.4) is 0 Å². The maximum Gasteiger partial charge on any atom is 0.0644 e. The zero-order valence-corrected chi connectivity index (χ0v) is 11.6. The number of benzene rings is 1. The number of piperidine rings is 1. The summed E-state index contributed by atoms with van der Waals surface area (Å²) in [6.07, 6.45) is 1.65. The van der Waals surface area contributed by atoms with Crippen LogP contribution in [0.1, 0.15) is 30.9 Å². The van der Waals surface area contributed by atoms with Crippen LogP contribution in [-0.2, 0) is 13.1 Å². The zero-order chi connectivity index (χ0) is 13.2. The molecule has 1 aromatic carbocycles. The molecule has 0 saturated carbocycles. The summed E-state index contributed by atoms with van der Waals surface area (Å²) in [7, 11) is 0. The van der Waals surface area contributed by atoms with Crippen molar-refractivity contribution in [3.05, 3.63) is 34.3 Å². The van der Waals surface area contributed by atoms with Gasteiger partial charge in [-0.2, -0.15) is 0 Å². The van der Waals surface area contributed by atoms with Gasteiger partial charge < -0.3 is 10.8 Å². The SMILES string of the molecule is CC1(O)CCN(Cc2ccc(CN)cc2Cl)CC1. The van der Waals surface area contributed by atoms with Crippen molar-refractivity contribution in [2.75, 3.05) is 13.1 Å². The molecule has 0 spiro atoms. The molecule has 1 aromatic rings. The second-order valence-electron chi connectivity index (χ2n) is 5.40. The Bertz CT molecular complexity index is 410. The fourth-order valence-electron chi connectivity index (χ4n) is 2.28. The van der Waals surface area contributed by atoms with Gasteiger partial charge in [-0.15, -0.1) is 0 Å². The van der Waals surface area contributed by atoms with Gasteiger partial charge in [0, 0.05) is 31.2 Å². The van der Waals surface area contributed by atoms with Crippen LogP contribution >= 0.6 is 11.6 Å². The van der Waals surface area contributed by atoms with E-state index in [2.05, 4.69) is 11.0 Å². The van der Waals surface area contributed by atoms with Gasteiger partial charge in [0.1, 0.15) is 0 Å². The Balaban J connectivity index is 1.98. The van der Waals surface area contributed by atoms with Gasteiger partial charge in [-0.1, -0.05) is 23.7 Å². The van der Waals surface area contributed by atoms with E-state index in [0.29, 0.717) is 6.54 Å². The average molecular weight is 269 g/mol. The number of hydrogen-bond acceptors (Lipinski definition) is 3. The fraction of sp³-hybridized carbons (Fsp3) is 0.571. The second-order valence-corrected chi connectivity index (χ2v) is 5.81. The summed E-state index contributed by atoms with van der Waals surface area (Å²) in [5.74, 6) is 0. The predicted octanol–water partition coefficient (Wildman–Crippen LogP) is 2.15. The Kier molecular flexibility index (Phi) is 4.28. The molecular weight excluding hydrogens is 248 g/mol. The molecule has 18 heavy (non-hydrogen) atoms. The van der Waals surface area contributed by atoms with Crippen molar-refractivity contribution in [3.8, 4) is 0 Å². The molecule has 1 fully saturated rings. The molecule has 0 atom stereocenters. The summed E-state index contributed by atoms with van der Waals surface area (Å²) in [6.45, 7) is 5.11. The molecule has 1 aliphatic heterocycles. The van der Waals surface area contributed by atoms with E-state index in [1.54, 1.807) is 0 Å². The summed E-state index contributed by atoms with van der Waals surface area (Å²) >= 11 is 6.25. The topological polar surface area (TPSA) is 49.5 Å². The highest BCUT2D eigenvalue weighted by molar-refractivity contribution is 6.31. The van der Waals surface area contributed by atoms with Gasteiger partial charge in [0.25, 0.3) is 0 Å². The van der Waals surface area contributed by atoms with Gasteiger partial charge in [0.15, 0.2) is 0 Å². The van der Waals surface area contributed by atoms with E-state index in [1.807, 2.05) is 19.1 Å². The fourth-order valence-corrected chi connectivity index (χ4v) is 2.54. The Morgan fingerprint density at radius 2 is 2.06 bits per heavy atom. The lowest BCUT2D eigenvalue weighted by molar-refractivity contribution is -0.00729. The van der Waals surface area contributed by atoms with Crippen molar-refractivity contribution < 1.29 is 5.11 Å². The largest absolute Gasteiger partial charge is 0.390 e. The van der Waals surface area contributed by atoms with Crippen LogP contribution in [0, 0.1) is 0 Å². The minimum atomic E-state index is -0.496.